The van der Waals surface area contributed by atoms with Crippen LogP contribution in [0.2, 0.25) is 0 Å². The topological polar surface area (TPSA) is 54.9 Å². The molecule has 0 spiro atoms. The van der Waals surface area contributed by atoms with E-state index in [2.05, 4.69) is 29.0 Å². The molecule has 0 saturated carbocycles. The zero-order chi connectivity index (χ0) is 16.5. The van der Waals surface area contributed by atoms with Crippen LogP contribution in [-0.2, 0) is 0 Å². The first-order valence-electron chi connectivity index (χ1n) is 7.74. The van der Waals surface area contributed by atoms with E-state index >= 15 is 0 Å². The van der Waals surface area contributed by atoms with Crippen molar-refractivity contribution in [1.82, 2.24) is 15.3 Å². The zero-order valence-corrected chi connectivity index (χ0v) is 13.0. The van der Waals surface area contributed by atoms with Crippen molar-refractivity contribution in [1.29, 1.82) is 0 Å². The molecule has 0 fully saturated rings. The summed E-state index contributed by atoms with van der Waals surface area (Å²) in [6.07, 6.45) is 1.65. The lowest BCUT2D eigenvalue weighted by atomic mass is 10.1. The maximum Gasteiger partial charge on any atom is 0.251 e. The summed E-state index contributed by atoms with van der Waals surface area (Å²) in [5.41, 5.74) is 3.76. The summed E-state index contributed by atoms with van der Waals surface area (Å²) in [7, 11) is 0. The van der Waals surface area contributed by atoms with Gasteiger partial charge in [-0.3, -0.25) is 4.79 Å². The second-order valence-electron chi connectivity index (χ2n) is 5.58. The minimum Gasteiger partial charge on any atom is -0.349 e. The molecule has 24 heavy (non-hydrogen) atoms. The third-order valence-corrected chi connectivity index (χ3v) is 4.00. The normalized spacial score (nSPS) is 11.0. The van der Waals surface area contributed by atoms with Gasteiger partial charge in [-0.05, 0) is 29.7 Å². The molecule has 1 N–H and O–H groups in total. The minimum atomic E-state index is -0.142. The molecule has 0 aliphatic heterocycles. The highest BCUT2D eigenvalue weighted by molar-refractivity contribution is 6.06. The van der Waals surface area contributed by atoms with Crippen LogP contribution in [0, 0.1) is 0 Å². The molecule has 0 saturated heterocycles. The molecule has 0 aliphatic carbocycles. The molecule has 4 aromatic rings. The van der Waals surface area contributed by atoms with Crippen molar-refractivity contribution in [3.05, 3.63) is 72.8 Å². The van der Waals surface area contributed by atoms with Crippen molar-refractivity contribution in [3.63, 3.8) is 0 Å². The van der Waals surface area contributed by atoms with E-state index in [1.54, 1.807) is 18.2 Å². The Hall–Kier alpha value is -3.27. The molecule has 1 heterocycles. The van der Waals surface area contributed by atoms with Crippen molar-refractivity contribution < 1.29 is 4.79 Å². The average molecular weight is 313 g/mol. The Morgan fingerprint density at radius 1 is 1.00 bits per heavy atom. The van der Waals surface area contributed by atoms with E-state index in [4.69, 9.17) is 4.98 Å². The Morgan fingerprint density at radius 3 is 2.71 bits per heavy atom. The monoisotopic (exact) mass is 313 g/mol. The molecular weight excluding hydrogens is 298 g/mol. The van der Waals surface area contributed by atoms with Crippen molar-refractivity contribution in [2.45, 2.75) is 0 Å². The lowest BCUT2D eigenvalue weighted by molar-refractivity contribution is 0.0958. The Bertz CT molecular complexity index is 1100. The fourth-order valence-electron chi connectivity index (χ4n) is 2.82. The van der Waals surface area contributed by atoms with Gasteiger partial charge in [-0.25, -0.2) is 9.97 Å². The van der Waals surface area contributed by atoms with E-state index in [0.29, 0.717) is 17.6 Å². The highest BCUT2D eigenvalue weighted by atomic mass is 16.1. The summed E-state index contributed by atoms with van der Waals surface area (Å²) < 4.78 is 0. The maximum absolute atomic E-state index is 12.1. The number of benzene rings is 3. The highest BCUT2D eigenvalue weighted by Crippen LogP contribution is 2.25. The molecule has 1 aromatic heterocycles. The number of carbonyl (C=O) groups excluding carboxylic acids is 1. The van der Waals surface area contributed by atoms with E-state index in [1.807, 2.05) is 30.3 Å². The van der Waals surface area contributed by atoms with Gasteiger partial charge in [0.1, 0.15) is 0 Å². The minimum absolute atomic E-state index is 0.142. The number of fused-ring (bicyclic) bond motifs is 4. The van der Waals surface area contributed by atoms with E-state index in [1.165, 1.54) is 0 Å². The SMILES string of the molecule is C=CCNC(=O)c1ccc2nc3ccc4ccccc4c3nc2c1. The van der Waals surface area contributed by atoms with Crippen molar-refractivity contribution in [2.75, 3.05) is 6.54 Å². The number of nitrogens with zero attached hydrogens (tertiary/aromatic N) is 2. The van der Waals surface area contributed by atoms with E-state index in [0.717, 1.165) is 27.3 Å². The fourth-order valence-corrected chi connectivity index (χ4v) is 2.82. The third-order valence-electron chi connectivity index (χ3n) is 4.00. The van der Waals surface area contributed by atoms with E-state index in [-0.39, 0.29) is 5.91 Å². The first-order chi connectivity index (χ1) is 11.8. The quantitative estimate of drug-likeness (QED) is 0.355. The summed E-state index contributed by atoms with van der Waals surface area (Å²) in [4.78, 5) is 21.6. The summed E-state index contributed by atoms with van der Waals surface area (Å²) in [6.45, 7) is 4.04. The van der Waals surface area contributed by atoms with Gasteiger partial charge in [0, 0.05) is 17.5 Å². The van der Waals surface area contributed by atoms with Gasteiger partial charge in [0.2, 0.25) is 0 Å². The van der Waals surface area contributed by atoms with Crippen LogP contribution in [0.1, 0.15) is 10.4 Å². The molecule has 3 aromatic carbocycles. The summed E-state index contributed by atoms with van der Waals surface area (Å²) in [5.74, 6) is -0.142. The Labute approximate surface area is 138 Å². The average Bonchev–Trinajstić information content (AvgIpc) is 2.64. The number of rotatable bonds is 3. The number of amides is 1. The predicted octanol–water partition coefficient (Wildman–Crippen LogP) is 3.85. The molecule has 0 atom stereocenters. The Balaban J connectivity index is 1.92. The van der Waals surface area contributed by atoms with Gasteiger partial charge >= 0.3 is 0 Å². The molecule has 0 bridgehead atoms. The van der Waals surface area contributed by atoms with Crippen molar-refractivity contribution in [3.8, 4) is 0 Å². The molecule has 0 aliphatic rings. The van der Waals surface area contributed by atoms with Gasteiger partial charge in [0.25, 0.3) is 5.91 Å². The molecule has 0 radical (unpaired) electrons. The van der Waals surface area contributed by atoms with Crippen LogP contribution >= 0.6 is 0 Å². The maximum atomic E-state index is 12.1. The Kier molecular flexibility index (Phi) is 3.43. The molecule has 1 amide bonds. The van der Waals surface area contributed by atoms with Crippen LogP contribution in [0.5, 0.6) is 0 Å². The van der Waals surface area contributed by atoms with Crippen LogP contribution in [0.25, 0.3) is 32.8 Å². The second-order valence-corrected chi connectivity index (χ2v) is 5.58. The fraction of sp³-hybridized carbons (Fsp3) is 0.0500. The van der Waals surface area contributed by atoms with Crippen molar-refractivity contribution in [2.24, 2.45) is 0 Å². The largest absolute Gasteiger partial charge is 0.349 e. The molecular formula is C20H15N3O. The lowest BCUT2D eigenvalue weighted by Gasteiger charge is -2.07. The van der Waals surface area contributed by atoms with E-state index < -0.39 is 0 Å². The highest BCUT2D eigenvalue weighted by Gasteiger charge is 2.09. The van der Waals surface area contributed by atoms with Crippen molar-refractivity contribution >= 4 is 38.7 Å². The molecule has 4 nitrogen and oxygen atoms in total. The van der Waals surface area contributed by atoms with Gasteiger partial charge in [0.15, 0.2) is 0 Å². The smallest absolute Gasteiger partial charge is 0.251 e. The summed E-state index contributed by atoms with van der Waals surface area (Å²) in [5, 5.41) is 4.96. The zero-order valence-electron chi connectivity index (χ0n) is 13.0. The number of hydrogen-bond acceptors (Lipinski definition) is 3. The lowest BCUT2D eigenvalue weighted by Crippen LogP contribution is -2.23. The predicted molar refractivity (Wildman–Crippen MR) is 97.1 cm³/mol. The molecule has 4 heteroatoms. The number of hydrogen-bond donors (Lipinski definition) is 1. The van der Waals surface area contributed by atoms with Crippen LogP contribution in [0.15, 0.2) is 67.3 Å². The number of nitrogens with one attached hydrogen (secondary N) is 1. The summed E-state index contributed by atoms with van der Waals surface area (Å²) in [6, 6.07) is 17.5. The van der Waals surface area contributed by atoms with Crippen LogP contribution < -0.4 is 5.32 Å². The van der Waals surface area contributed by atoms with Gasteiger partial charge in [0.05, 0.1) is 22.1 Å². The second kappa shape index (κ2) is 5.74. The number of aromatic nitrogens is 2. The first-order valence-corrected chi connectivity index (χ1v) is 7.74. The first kappa shape index (κ1) is 14.3. The van der Waals surface area contributed by atoms with E-state index in [9.17, 15) is 4.79 Å². The van der Waals surface area contributed by atoms with Crippen LogP contribution in [0.4, 0.5) is 0 Å². The van der Waals surface area contributed by atoms with Gasteiger partial charge in [-0.15, -0.1) is 6.58 Å². The molecule has 116 valence electrons. The van der Waals surface area contributed by atoms with Gasteiger partial charge in [-0.1, -0.05) is 36.4 Å². The molecule has 4 rings (SSSR count). The Morgan fingerprint density at radius 2 is 1.83 bits per heavy atom. The van der Waals surface area contributed by atoms with Crippen LogP contribution in [-0.4, -0.2) is 22.4 Å². The number of carbonyl (C=O) groups is 1. The molecule has 0 unspecified atom stereocenters. The standard InChI is InChI=1S/C20H15N3O/c1-2-11-21-20(24)14-8-9-16-18(12-14)23-19-15-6-4-3-5-13(15)7-10-17(19)22-16/h2-10,12H,1,11H2,(H,21,24). The van der Waals surface area contributed by atoms with Gasteiger partial charge < -0.3 is 5.32 Å². The summed E-state index contributed by atoms with van der Waals surface area (Å²) >= 11 is 0. The third kappa shape index (κ3) is 2.38. The van der Waals surface area contributed by atoms with Gasteiger partial charge in [-0.2, -0.15) is 0 Å². The van der Waals surface area contributed by atoms with Crippen LogP contribution in [0.3, 0.4) is 0 Å².